The van der Waals surface area contributed by atoms with Gasteiger partial charge < -0.3 is 9.88 Å². The van der Waals surface area contributed by atoms with E-state index in [0.29, 0.717) is 17.3 Å². The second-order valence-electron chi connectivity index (χ2n) is 8.14. The molecule has 9 heteroatoms. The Bertz CT molecular complexity index is 1530. The largest absolute Gasteiger partial charge is 0.342 e. The van der Waals surface area contributed by atoms with Crippen molar-refractivity contribution in [3.63, 3.8) is 0 Å². The van der Waals surface area contributed by atoms with Gasteiger partial charge in [0, 0.05) is 39.9 Å². The number of imide groups is 1. The van der Waals surface area contributed by atoms with E-state index in [1.165, 1.54) is 24.3 Å². The Hall–Kier alpha value is -3.88. The number of aromatic nitrogens is 1. The third kappa shape index (κ3) is 4.91. The monoisotopic (exact) mass is 519 g/mol. The second-order valence-corrected chi connectivity index (χ2v) is 9.54. The summed E-state index contributed by atoms with van der Waals surface area (Å²) in [4.78, 5) is 39.1. The van der Waals surface area contributed by atoms with Gasteiger partial charge in [0.2, 0.25) is 5.91 Å². The first-order valence-electron chi connectivity index (χ1n) is 11.0. The summed E-state index contributed by atoms with van der Waals surface area (Å²) in [5.41, 5.74) is 3.06. The Labute approximate surface area is 215 Å². The Kier molecular flexibility index (Phi) is 6.63. The molecular formula is C27H19ClFN3O3S. The summed E-state index contributed by atoms with van der Waals surface area (Å²) >= 11 is 7.14. The Morgan fingerprint density at radius 1 is 1.00 bits per heavy atom. The quantitative estimate of drug-likeness (QED) is 0.310. The molecule has 1 saturated heterocycles. The number of rotatable bonds is 6. The molecule has 1 N–H and O–H groups in total. The molecule has 3 amide bonds. The van der Waals surface area contributed by atoms with Crippen molar-refractivity contribution >= 4 is 63.1 Å². The first kappa shape index (κ1) is 23.8. The van der Waals surface area contributed by atoms with Crippen LogP contribution in [0.15, 0.2) is 83.9 Å². The van der Waals surface area contributed by atoms with Gasteiger partial charge in [0.05, 0.1) is 4.91 Å². The third-order valence-electron chi connectivity index (χ3n) is 5.71. The molecule has 0 aliphatic carbocycles. The number of halogens is 2. The number of anilines is 1. The number of hydrogen-bond donors (Lipinski definition) is 1. The van der Waals surface area contributed by atoms with Gasteiger partial charge in [0.25, 0.3) is 11.1 Å². The molecule has 0 bridgehead atoms. The number of nitrogens with one attached hydrogen (secondary N) is 1. The van der Waals surface area contributed by atoms with Crippen molar-refractivity contribution in [2.75, 3.05) is 11.9 Å². The van der Waals surface area contributed by atoms with Gasteiger partial charge in [0.15, 0.2) is 0 Å². The van der Waals surface area contributed by atoms with Gasteiger partial charge in [-0.1, -0.05) is 48.0 Å². The summed E-state index contributed by atoms with van der Waals surface area (Å²) in [6.07, 6.45) is 3.59. The minimum Gasteiger partial charge on any atom is -0.342 e. The van der Waals surface area contributed by atoms with E-state index in [-0.39, 0.29) is 4.91 Å². The molecule has 180 valence electrons. The lowest BCUT2D eigenvalue weighted by atomic mass is 10.1. The van der Waals surface area contributed by atoms with E-state index in [2.05, 4.69) is 5.32 Å². The van der Waals surface area contributed by atoms with Crippen LogP contribution in [-0.4, -0.2) is 33.1 Å². The van der Waals surface area contributed by atoms with Crippen LogP contribution < -0.4 is 5.32 Å². The Balaban J connectivity index is 1.38. The minimum atomic E-state index is -0.554. The Morgan fingerprint density at radius 2 is 1.72 bits per heavy atom. The molecule has 6 nitrogen and oxygen atoms in total. The van der Waals surface area contributed by atoms with E-state index < -0.39 is 29.4 Å². The molecule has 0 saturated carbocycles. The summed E-state index contributed by atoms with van der Waals surface area (Å²) in [5.74, 6) is -1.53. The van der Waals surface area contributed by atoms with E-state index >= 15 is 0 Å². The SMILES string of the molecule is O=C(CN1C(=O)S/C(=C\c2cn(Cc3ccccc3Cl)c3ccccc23)C1=O)Nc1ccc(F)cc1. The maximum atomic E-state index is 13.1. The first-order valence-corrected chi connectivity index (χ1v) is 12.2. The smallest absolute Gasteiger partial charge is 0.294 e. The summed E-state index contributed by atoms with van der Waals surface area (Å²) in [5, 5.41) is 3.62. The van der Waals surface area contributed by atoms with E-state index in [1.54, 1.807) is 6.08 Å². The summed E-state index contributed by atoms with van der Waals surface area (Å²) in [6.45, 7) is 0.104. The summed E-state index contributed by atoms with van der Waals surface area (Å²) in [6, 6.07) is 20.6. The predicted octanol–water partition coefficient (Wildman–Crippen LogP) is 6.16. The molecule has 1 aromatic heterocycles. The number of para-hydroxylation sites is 1. The molecule has 0 unspecified atom stereocenters. The number of fused-ring (bicyclic) bond motifs is 1. The fourth-order valence-electron chi connectivity index (χ4n) is 3.99. The van der Waals surface area contributed by atoms with Crippen LogP contribution in [0.2, 0.25) is 5.02 Å². The zero-order valence-electron chi connectivity index (χ0n) is 18.8. The van der Waals surface area contributed by atoms with Crippen LogP contribution in [0.4, 0.5) is 14.9 Å². The number of thioether (sulfide) groups is 1. The maximum Gasteiger partial charge on any atom is 0.294 e. The summed E-state index contributed by atoms with van der Waals surface area (Å²) < 4.78 is 15.1. The fraction of sp³-hybridized carbons (Fsp3) is 0.0741. The van der Waals surface area contributed by atoms with Crippen molar-refractivity contribution in [1.29, 1.82) is 0 Å². The number of carbonyl (C=O) groups excluding carboxylic acids is 3. The van der Waals surface area contributed by atoms with Crippen molar-refractivity contribution in [1.82, 2.24) is 9.47 Å². The lowest BCUT2D eigenvalue weighted by Gasteiger charge is -2.12. The fourth-order valence-corrected chi connectivity index (χ4v) is 5.01. The number of amides is 3. The molecular weight excluding hydrogens is 501 g/mol. The van der Waals surface area contributed by atoms with Crippen LogP contribution in [0.1, 0.15) is 11.1 Å². The van der Waals surface area contributed by atoms with Crippen molar-refractivity contribution in [3.8, 4) is 0 Å². The minimum absolute atomic E-state index is 0.232. The van der Waals surface area contributed by atoms with E-state index in [9.17, 15) is 18.8 Å². The molecule has 3 aromatic carbocycles. The molecule has 1 aliphatic heterocycles. The highest BCUT2D eigenvalue weighted by Crippen LogP contribution is 2.34. The van der Waals surface area contributed by atoms with Crippen LogP contribution in [0, 0.1) is 5.82 Å². The number of benzene rings is 3. The molecule has 4 aromatic rings. The highest BCUT2D eigenvalue weighted by Gasteiger charge is 2.36. The van der Waals surface area contributed by atoms with Crippen molar-refractivity contribution in [2.45, 2.75) is 6.54 Å². The van der Waals surface area contributed by atoms with Gasteiger partial charge in [0.1, 0.15) is 12.4 Å². The Morgan fingerprint density at radius 3 is 2.50 bits per heavy atom. The zero-order valence-corrected chi connectivity index (χ0v) is 20.4. The van der Waals surface area contributed by atoms with Crippen LogP contribution in [0.25, 0.3) is 17.0 Å². The number of hydrogen-bond acceptors (Lipinski definition) is 4. The average molecular weight is 520 g/mol. The van der Waals surface area contributed by atoms with Crippen LogP contribution >= 0.6 is 23.4 Å². The number of carbonyl (C=O) groups is 3. The summed E-state index contributed by atoms with van der Waals surface area (Å²) in [7, 11) is 0. The van der Waals surface area contributed by atoms with E-state index in [1.807, 2.05) is 59.3 Å². The highest BCUT2D eigenvalue weighted by atomic mass is 35.5. The molecule has 0 spiro atoms. The van der Waals surface area contributed by atoms with E-state index in [0.717, 1.165) is 38.7 Å². The molecule has 5 rings (SSSR count). The molecule has 2 heterocycles. The third-order valence-corrected chi connectivity index (χ3v) is 6.98. The first-order chi connectivity index (χ1) is 17.4. The van der Waals surface area contributed by atoms with Gasteiger partial charge >= 0.3 is 0 Å². The number of nitrogens with zero attached hydrogens (tertiary/aromatic N) is 2. The van der Waals surface area contributed by atoms with Crippen LogP contribution in [0.5, 0.6) is 0 Å². The van der Waals surface area contributed by atoms with Crippen molar-refractivity contribution < 1.29 is 18.8 Å². The highest BCUT2D eigenvalue weighted by molar-refractivity contribution is 8.18. The predicted molar refractivity (Wildman–Crippen MR) is 140 cm³/mol. The lowest BCUT2D eigenvalue weighted by molar-refractivity contribution is -0.127. The van der Waals surface area contributed by atoms with E-state index in [4.69, 9.17) is 11.6 Å². The van der Waals surface area contributed by atoms with Crippen LogP contribution in [-0.2, 0) is 16.1 Å². The second kappa shape index (κ2) is 10.0. The molecule has 0 radical (unpaired) electrons. The maximum absolute atomic E-state index is 13.1. The van der Waals surface area contributed by atoms with Gasteiger partial charge in [-0.3, -0.25) is 19.3 Å². The normalized spacial score (nSPS) is 14.7. The van der Waals surface area contributed by atoms with Gasteiger partial charge in [-0.05, 0) is 59.8 Å². The molecule has 1 aliphatic rings. The standard InChI is InChI=1S/C27H19ClFN3O3S/c28-22-7-3-1-5-17(22)14-31-15-18(21-6-2-4-8-23(21)31)13-24-26(34)32(27(35)36-24)16-25(33)30-20-11-9-19(29)10-12-20/h1-13,15H,14,16H2,(H,30,33)/b24-13-. The molecule has 36 heavy (non-hydrogen) atoms. The van der Waals surface area contributed by atoms with Gasteiger partial charge in [-0.25, -0.2) is 4.39 Å². The zero-order chi connectivity index (χ0) is 25.2. The molecule has 1 fully saturated rings. The van der Waals surface area contributed by atoms with Crippen molar-refractivity contribution in [3.05, 3.63) is 106 Å². The van der Waals surface area contributed by atoms with Gasteiger partial charge in [-0.15, -0.1) is 0 Å². The topological polar surface area (TPSA) is 71.4 Å². The van der Waals surface area contributed by atoms with Crippen LogP contribution in [0.3, 0.4) is 0 Å². The van der Waals surface area contributed by atoms with Gasteiger partial charge in [-0.2, -0.15) is 0 Å². The lowest BCUT2D eigenvalue weighted by Crippen LogP contribution is -2.36. The average Bonchev–Trinajstić information content (AvgIpc) is 3.34. The molecule has 0 atom stereocenters. The van der Waals surface area contributed by atoms with Crippen molar-refractivity contribution in [2.24, 2.45) is 0 Å².